The Morgan fingerprint density at radius 1 is 1.24 bits per heavy atom. The molecule has 2 fully saturated rings. The van der Waals surface area contributed by atoms with Crippen molar-refractivity contribution < 1.29 is 27.9 Å². The van der Waals surface area contributed by atoms with Crippen LogP contribution in [-0.4, -0.2) is 68.0 Å². The van der Waals surface area contributed by atoms with Crippen LogP contribution in [0.15, 0.2) is 30.7 Å². The lowest BCUT2D eigenvalue weighted by Gasteiger charge is -2.52. The van der Waals surface area contributed by atoms with Crippen LogP contribution >= 0.6 is 0 Å². The molecular formula is C24H32F3N7O3. The highest BCUT2D eigenvalue weighted by Crippen LogP contribution is 2.38. The lowest BCUT2D eigenvalue weighted by molar-refractivity contribution is -0.177. The predicted molar refractivity (Wildman–Crippen MR) is 129 cm³/mol. The quantitative estimate of drug-likeness (QED) is 0.533. The van der Waals surface area contributed by atoms with Crippen molar-refractivity contribution in [2.24, 2.45) is 18.9 Å². The fourth-order valence-corrected chi connectivity index (χ4v) is 5.42. The van der Waals surface area contributed by atoms with Crippen molar-refractivity contribution in [2.75, 3.05) is 17.7 Å². The number of carbonyl (C=O) groups excluding carboxylic acids is 2. The number of carbonyl (C=O) groups is 2. The van der Waals surface area contributed by atoms with E-state index in [-0.39, 0.29) is 18.2 Å². The molecule has 4 rings (SSSR count). The van der Waals surface area contributed by atoms with E-state index in [1.165, 1.54) is 24.3 Å². The molecule has 0 bridgehead atoms. The second kappa shape index (κ2) is 10.6. The number of halogens is 3. The molecule has 1 saturated carbocycles. The molecule has 37 heavy (non-hydrogen) atoms. The number of anilines is 2. The third-order valence-electron chi connectivity index (χ3n) is 7.36. The van der Waals surface area contributed by atoms with Gasteiger partial charge in [0.1, 0.15) is 24.1 Å². The number of nitrogens with one attached hydrogen (secondary N) is 1. The minimum atomic E-state index is -4.66. The average molecular weight is 524 g/mol. The van der Waals surface area contributed by atoms with Crippen LogP contribution in [0.4, 0.5) is 29.7 Å². The van der Waals surface area contributed by atoms with E-state index in [4.69, 9.17) is 5.73 Å². The van der Waals surface area contributed by atoms with Gasteiger partial charge in [-0.15, -0.1) is 0 Å². The number of likely N-dealkylation sites (tertiary alicyclic amines) is 1. The molecule has 10 nitrogen and oxygen atoms in total. The summed E-state index contributed by atoms with van der Waals surface area (Å²) in [5.74, 6) is -1.58. The summed E-state index contributed by atoms with van der Waals surface area (Å²) in [7, 11) is 3.15. The standard InChI is InChI=1S/C24H32F3N7O3/c1-32-11-10-30-22(32)33(2)21(36)18-16(12-14-8-9-29-17(28)13-14)20(35)34(18)23(37)31-19(24(25,26)27)15-6-4-3-5-7-15/h8-11,13,15-16,18-20,35H,3-7,12H2,1-2H3,(H2,28,29)(H,31,37)/t16-,18+,19+,20?/m1/s1. The maximum absolute atomic E-state index is 14.0. The highest BCUT2D eigenvalue weighted by atomic mass is 19.4. The van der Waals surface area contributed by atoms with Crippen LogP contribution in [0.2, 0.25) is 0 Å². The Balaban J connectivity index is 1.60. The number of imidazole rings is 1. The van der Waals surface area contributed by atoms with Gasteiger partial charge < -0.3 is 20.7 Å². The first-order valence-corrected chi connectivity index (χ1v) is 12.3. The van der Waals surface area contributed by atoms with Crippen molar-refractivity contribution in [3.63, 3.8) is 0 Å². The monoisotopic (exact) mass is 523 g/mol. The lowest BCUT2D eigenvalue weighted by Crippen LogP contribution is -2.73. The van der Waals surface area contributed by atoms with Crippen LogP contribution in [0.25, 0.3) is 0 Å². The van der Waals surface area contributed by atoms with Crippen LogP contribution in [0.5, 0.6) is 0 Å². The van der Waals surface area contributed by atoms with Gasteiger partial charge in [-0.25, -0.2) is 14.8 Å². The molecule has 1 aliphatic carbocycles. The summed E-state index contributed by atoms with van der Waals surface area (Å²) in [5.41, 5.74) is 6.42. The first kappa shape index (κ1) is 26.7. The molecule has 4 N–H and O–H groups in total. The smallest absolute Gasteiger partial charge is 0.384 e. The Labute approximate surface area is 212 Å². The number of likely N-dealkylation sites (N-methyl/N-ethyl adjacent to an activating group) is 1. The van der Waals surface area contributed by atoms with Crippen molar-refractivity contribution in [3.05, 3.63) is 36.3 Å². The number of amides is 3. The molecule has 0 spiro atoms. The van der Waals surface area contributed by atoms with E-state index in [2.05, 4.69) is 15.3 Å². The number of nitrogens with zero attached hydrogens (tertiary/aromatic N) is 5. The first-order chi connectivity index (χ1) is 17.5. The van der Waals surface area contributed by atoms with Crippen molar-refractivity contribution in [1.82, 2.24) is 24.8 Å². The average Bonchev–Trinajstić information content (AvgIpc) is 3.28. The number of hydrogen-bond acceptors (Lipinski definition) is 6. The van der Waals surface area contributed by atoms with Crippen LogP contribution in [0.3, 0.4) is 0 Å². The first-order valence-electron chi connectivity index (χ1n) is 12.3. The zero-order chi connectivity index (χ0) is 26.9. The van der Waals surface area contributed by atoms with E-state index in [9.17, 15) is 27.9 Å². The molecule has 0 radical (unpaired) electrons. The summed E-state index contributed by atoms with van der Waals surface area (Å²) in [6.07, 6.45) is 1.51. The Morgan fingerprint density at radius 2 is 1.95 bits per heavy atom. The van der Waals surface area contributed by atoms with Gasteiger partial charge in [0.05, 0.1) is 0 Å². The number of hydrogen-bond donors (Lipinski definition) is 3. The van der Waals surface area contributed by atoms with Crippen LogP contribution < -0.4 is 16.0 Å². The molecule has 13 heteroatoms. The zero-order valence-corrected chi connectivity index (χ0v) is 20.7. The van der Waals surface area contributed by atoms with Gasteiger partial charge in [-0.1, -0.05) is 19.3 Å². The maximum Gasteiger partial charge on any atom is 0.408 e. The van der Waals surface area contributed by atoms with Crippen molar-refractivity contribution >= 4 is 23.7 Å². The molecular weight excluding hydrogens is 491 g/mol. The van der Waals surface area contributed by atoms with Gasteiger partial charge in [-0.2, -0.15) is 13.2 Å². The second-order valence-corrected chi connectivity index (χ2v) is 9.82. The Bertz CT molecular complexity index is 1120. The fourth-order valence-electron chi connectivity index (χ4n) is 5.42. The summed E-state index contributed by atoms with van der Waals surface area (Å²) in [4.78, 5) is 36.9. The number of aliphatic hydroxyl groups excluding tert-OH is 1. The number of alkyl halides is 3. The molecule has 2 aliphatic rings. The lowest BCUT2D eigenvalue weighted by atomic mass is 9.80. The third-order valence-corrected chi connectivity index (χ3v) is 7.36. The molecule has 2 aromatic rings. The molecule has 2 aromatic heterocycles. The summed E-state index contributed by atoms with van der Waals surface area (Å²) < 4.78 is 43.5. The molecule has 202 valence electrons. The summed E-state index contributed by atoms with van der Waals surface area (Å²) in [5, 5.41) is 13.0. The van der Waals surface area contributed by atoms with Gasteiger partial charge in [0.15, 0.2) is 0 Å². The fraction of sp³-hybridized carbons (Fsp3) is 0.583. The van der Waals surface area contributed by atoms with E-state index in [0.29, 0.717) is 31.2 Å². The summed E-state index contributed by atoms with van der Waals surface area (Å²) >= 11 is 0. The molecule has 4 atom stereocenters. The topological polar surface area (TPSA) is 130 Å². The number of aliphatic hydroxyl groups is 1. The second-order valence-electron chi connectivity index (χ2n) is 9.82. The van der Waals surface area contributed by atoms with Crippen LogP contribution in [0, 0.1) is 11.8 Å². The molecule has 3 amide bonds. The summed E-state index contributed by atoms with van der Waals surface area (Å²) in [6, 6.07) is -1.15. The molecule has 1 aliphatic heterocycles. The Hall–Kier alpha value is -3.35. The Morgan fingerprint density at radius 3 is 2.54 bits per heavy atom. The SMILES string of the molecule is CN(C(=O)[C@@H]1[C@@H](Cc2ccnc(N)c2)C(O)N1C(=O)N[C@@H](C1CCCCC1)C(F)(F)F)c1nccn1C. The minimum Gasteiger partial charge on any atom is -0.384 e. The number of pyridine rings is 1. The van der Waals surface area contributed by atoms with Gasteiger partial charge in [-0.05, 0) is 42.9 Å². The highest BCUT2D eigenvalue weighted by Gasteiger charge is 2.56. The summed E-state index contributed by atoms with van der Waals surface area (Å²) in [6.45, 7) is 0. The predicted octanol–water partition coefficient (Wildman–Crippen LogP) is 2.44. The molecule has 1 saturated heterocycles. The van der Waals surface area contributed by atoms with Crippen LogP contribution in [0.1, 0.15) is 37.7 Å². The number of nitrogens with two attached hydrogens (primary N) is 1. The highest BCUT2D eigenvalue weighted by molar-refractivity contribution is 5.99. The van der Waals surface area contributed by atoms with Gasteiger partial charge >= 0.3 is 12.2 Å². The third kappa shape index (κ3) is 5.50. The van der Waals surface area contributed by atoms with E-state index < -0.39 is 48.3 Å². The number of urea groups is 1. The van der Waals surface area contributed by atoms with Gasteiger partial charge in [0.25, 0.3) is 5.91 Å². The molecule has 0 aromatic carbocycles. The van der Waals surface area contributed by atoms with Crippen molar-refractivity contribution in [3.8, 4) is 0 Å². The largest absolute Gasteiger partial charge is 0.408 e. The van der Waals surface area contributed by atoms with Crippen LogP contribution in [-0.2, 0) is 18.3 Å². The molecule has 1 unspecified atom stereocenters. The van der Waals surface area contributed by atoms with E-state index in [1.807, 2.05) is 0 Å². The van der Waals surface area contributed by atoms with Crippen molar-refractivity contribution in [2.45, 2.75) is 63.0 Å². The van der Waals surface area contributed by atoms with Gasteiger partial charge in [0.2, 0.25) is 5.95 Å². The van der Waals surface area contributed by atoms with Gasteiger partial charge in [-0.3, -0.25) is 14.6 Å². The Kier molecular flexibility index (Phi) is 7.62. The van der Waals surface area contributed by atoms with E-state index >= 15 is 0 Å². The minimum absolute atomic E-state index is 0.161. The maximum atomic E-state index is 14.0. The van der Waals surface area contributed by atoms with Gasteiger partial charge in [0, 0.05) is 38.6 Å². The van der Waals surface area contributed by atoms with Crippen molar-refractivity contribution in [1.29, 1.82) is 0 Å². The number of aryl methyl sites for hydroxylation is 1. The number of nitrogen functional groups attached to an aromatic ring is 1. The number of rotatable bonds is 6. The number of aromatic nitrogens is 3. The van der Waals surface area contributed by atoms with E-state index in [1.54, 1.807) is 29.9 Å². The van der Waals surface area contributed by atoms with E-state index in [0.717, 1.165) is 11.3 Å². The zero-order valence-electron chi connectivity index (χ0n) is 20.7. The normalized spacial score (nSPS) is 23.3. The molecule has 3 heterocycles.